The molecule has 5 nitrogen and oxygen atoms in total. The van der Waals surface area contributed by atoms with Gasteiger partial charge in [-0.15, -0.1) is 0 Å². The second kappa shape index (κ2) is 5.70. The van der Waals surface area contributed by atoms with Crippen molar-refractivity contribution in [2.45, 2.75) is 45.7 Å². The van der Waals surface area contributed by atoms with E-state index in [-0.39, 0.29) is 12.6 Å². The number of nitrogens with one attached hydrogen (secondary N) is 2. The molecule has 5 heteroatoms. The van der Waals surface area contributed by atoms with E-state index >= 15 is 0 Å². The summed E-state index contributed by atoms with van der Waals surface area (Å²) in [6.45, 7) is 7.04. The Bertz CT molecular complexity index is 229. The summed E-state index contributed by atoms with van der Waals surface area (Å²) in [6.07, 6.45) is 0.588. The van der Waals surface area contributed by atoms with E-state index in [0.29, 0.717) is 6.42 Å². The van der Waals surface area contributed by atoms with Gasteiger partial charge in [-0.2, -0.15) is 0 Å². The molecule has 88 valence electrons. The quantitative estimate of drug-likeness (QED) is 0.571. The molecule has 0 saturated heterocycles. The first-order valence-electron chi connectivity index (χ1n) is 5.04. The van der Waals surface area contributed by atoms with E-state index in [1.165, 1.54) is 0 Å². The summed E-state index contributed by atoms with van der Waals surface area (Å²) in [5, 5.41) is 13.8. The minimum absolute atomic E-state index is 0.162. The van der Waals surface area contributed by atoms with Crippen LogP contribution in [0, 0.1) is 0 Å². The Hall–Kier alpha value is -1.10. The van der Waals surface area contributed by atoms with E-state index in [1.807, 2.05) is 6.92 Å². The van der Waals surface area contributed by atoms with Gasteiger partial charge in [-0.25, -0.2) is 0 Å². The Morgan fingerprint density at radius 2 is 1.80 bits per heavy atom. The molecular formula is C10H20N2O3. The maximum Gasteiger partial charge on any atom is 0.309 e. The summed E-state index contributed by atoms with van der Waals surface area (Å²) in [5.74, 6) is -1.37. The predicted molar refractivity (Wildman–Crippen MR) is 57.2 cm³/mol. The molecule has 0 spiro atoms. The second-order valence-electron chi connectivity index (χ2n) is 4.47. The van der Waals surface area contributed by atoms with Crippen molar-refractivity contribution >= 4 is 11.8 Å². The zero-order valence-corrected chi connectivity index (χ0v) is 9.76. The first kappa shape index (κ1) is 13.9. The highest BCUT2D eigenvalue weighted by atomic mass is 16.3. The zero-order chi connectivity index (χ0) is 12.1. The van der Waals surface area contributed by atoms with E-state index < -0.39 is 17.4 Å². The predicted octanol–water partition coefficient (Wildman–Crippen LogP) is -0.212. The second-order valence-corrected chi connectivity index (χ2v) is 4.47. The van der Waals surface area contributed by atoms with Crippen molar-refractivity contribution < 1.29 is 14.7 Å². The van der Waals surface area contributed by atoms with Crippen molar-refractivity contribution in [3.8, 4) is 0 Å². The van der Waals surface area contributed by atoms with Crippen LogP contribution in [0.25, 0.3) is 0 Å². The fourth-order valence-electron chi connectivity index (χ4n) is 0.925. The van der Waals surface area contributed by atoms with Crippen LogP contribution in [-0.2, 0) is 9.59 Å². The summed E-state index contributed by atoms with van der Waals surface area (Å²) in [7, 11) is 0. The molecule has 0 rings (SSSR count). The average Bonchev–Trinajstić information content (AvgIpc) is 2.10. The first-order valence-corrected chi connectivity index (χ1v) is 5.04. The molecule has 0 aliphatic rings. The maximum atomic E-state index is 11.3. The van der Waals surface area contributed by atoms with Crippen LogP contribution in [-0.4, -0.2) is 35.1 Å². The monoisotopic (exact) mass is 216 g/mol. The van der Waals surface area contributed by atoms with Gasteiger partial charge < -0.3 is 15.7 Å². The number of carbonyl (C=O) groups is 2. The third-order valence-corrected chi connectivity index (χ3v) is 1.74. The standard InChI is InChI=1S/C10H20N2O3/c1-5-7(6-13)11-8(14)9(15)12-10(2,3)4/h7,13H,5-6H2,1-4H3,(H,11,14)(H,12,15). The van der Waals surface area contributed by atoms with Gasteiger partial charge in [0.05, 0.1) is 12.6 Å². The Balaban J connectivity index is 4.16. The van der Waals surface area contributed by atoms with Gasteiger partial charge in [-0.05, 0) is 27.2 Å². The van der Waals surface area contributed by atoms with Crippen LogP contribution < -0.4 is 10.6 Å². The third-order valence-electron chi connectivity index (χ3n) is 1.74. The van der Waals surface area contributed by atoms with Crippen LogP contribution in [0.2, 0.25) is 0 Å². The highest BCUT2D eigenvalue weighted by Gasteiger charge is 2.21. The molecule has 0 aromatic rings. The van der Waals surface area contributed by atoms with Gasteiger partial charge in [0.15, 0.2) is 0 Å². The Labute approximate surface area is 90.2 Å². The summed E-state index contributed by atoms with van der Waals surface area (Å²) in [5.41, 5.74) is -0.435. The molecule has 2 amide bonds. The van der Waals surface area contributed by atoms with Crippen molar-refractivity contribution in [3.05, 3.63) is 0 Å². The Kier molecular flexibility index (Phi) is 5.28. The van der Waals surface area contributed by atoms with E-state index in [1.54, 1.807) is 20.8 Å². The molecule has 1 atom stereocenters. The summed E-state index contributed by atoms with van der Waals surface area (Å²) < 4.78 is 0. The minimum Gasteiger partial charge on any atom is -0.394 e. The molecule has 0 aliphatic heterocycles. The lowest BCUT2D eigenvalue weighted by atomic mass is 10.1. The normalized spacial score (nSPS) is 13.1. The lowest BCUT2D eigenvalue weighted by Gasteiger charge is -2.21. The molecule has 0 bridgehead atoms. The third kappa shape index (κ3) is 6.06. The van der Waals surface area contributed by atoms with Crippen molar-refractivity contribution in [3.63, 3.8) is 0 Å². The molecule has 1 unspecified atom stereocenters. The van der Waals surface area contributed by atoms with Gasteiger partial charge in [0.25, 0.3) is 0 Å². The number of amides is 2. The van der Waals surface area contributed by atoms with Crippen LogP contribution >= 0.6 is 0 Å². The molecule has 0 radical (unpaired) electrons. The van der Waals surface area contributed by atoms with Crippen LogP contribution in [0.4, 0.5) is 0 Å². The summed E-state index contributed by atoms with van der Waals surface area (Å²) in [6, 6.07) is -0.358. The maximum absolute atomic E-state index is 11.3. The van der Waals surface area contributed by atoms with Crippen LogP contribution in [0.1, 0.15) is 34.1 Å². The number of aliphatic hydroxyl groups is 1. The van der Waals surface area contributed by atoms with Gasteiger partial charge in [0.1, 0.15) is 0 Å². The largest absolute Gasteiger partial charge is 0.394 e. The SMILES string of the molecule is CCC(CO)NC(=O)C(=O)NC(C)(C)C. The van der Waals surface area contributed by atoms with Crippen LogP contribution in [0.5, 0.6) is 0 Å². The molecule has 3 N–H and O–H groups in total. The van der Waals surface area contributed by atoms with Gasteiger partial charge in [0.2, 0.25) is 0 Å². The molecule has 15 heavy (non-hydrogen) atoms. The Morgan fingerprint density at radius 3 is 2.13 bits per heavy atom. The van der Waals surface area contributed by atoms with Crippen molar-refractivity contribution in [2.75, 3.05) is 6.61 Å². The van der Waals surface area contributed by atoms with Crippen LogP contribution in [0.15, 0.2) is 0 Å². The van der Waals surface area contributed by atoms with Crippen LogP contribution in [0.3, 0.4) is 0 Å². The fourth-order valence-corrected chi connectivity index (χ4v) is 0.925. The van der Waals surface area contributed by atoms with Gasteiger partial charge >= 0.3 is 11.8 Å². The fraction of sp³-hybridized carbons (Fsp3) is 0.800. The van der Waals surface area contributed by atoms with E-state index in [4.69, 9.17) is 5.11 Å². The van der Waals surface area contributed by atoms with E-state index in [9.17, 15) is 9.59 Å². The average molecular weight is 216 g/mol. The van der Waals surface area contributed by atoms with Gasteiger partial charge in [0, 0.05) is 5.54 Å². The highest BCUT2D eigenvalue weighted by molar-refractivity contribution is 6.35. The van der Waals surface area contributed by atoms with Gasteiger partial charge in [-0.1, -0.05) is 6.92 Å². The number of hydrogen-bond acceptors (Lipinski definition) is 3. The Morgan fingerprint density at radius 1 is 1.27 bits per heavy atom. The molecule has 0 fully saturated rings. The van der Waals surface area contributed by atoms with Crippen molar-refractivity contribution in [1.29, 1.82) is 0 Å². The number of aliphatic hydroxyl groups excluding tert-OH is 1. The minimum atomic E-state index is -0.703. The number of rotatable bonds is 3. The highest BCUT2D eigenvalue weighted by Crippen LogP contribution is 1.98. The molecule has 0 aromatic carbocycles. The number of hydrogen-bond donors (Lipinski definition) is 3. The van der Waals surface area contributed by atoms with Crippen molar-refractivity contribution in [1.82, 2.24) is 10.6 Å². The topological polar surface area (TPSA) is 78.4 Å². The molecule has 0 aromatic heterocycles. The summed E-state index contributed by atoms with van der Waals surface area (Å²) >= 11 is 0. The smallest absolute Gasteiger partial charge is 0.309 e. The molecular weight excluding hydrogens is 196 g/mol. The molecule has 0 heterocycles. The van der Waals surface area contributed by atoms with Gasteiger partial charge in [-0.3, -0.25) is 9.59 Å². The summed E-state index contributed by atoms with van der Waals surface area (Å²) in [4.78, 5) is 22.6. The lowest BCUT2D eigenvalue weighted by Crippen LogP contribution is -2.50. The van der Waals surface area contributed by atoms with Crippen molar-refractivity contribution in [2.24, 2.45) is 0 Å². The molecule has 0 aliphatic carbocycles. The van der Waals surface area contributed by atoms with E-state index in [0.717, 1.165) is 0 Å². The first-order chi connectivity index (χ1) is 6.80. The zero-order valence-electron chi connectivity index (χ0n) is 9.76. The number of carbonyl (C=O) groups excluding carboxylic acids is 2. The lowest BCUT2D eigenvalue weighted by molar-refractivity contribution is -0.140. The molecule has 0 saturated carbocycles. The van der Waals surface area contributed by atoms with E-state index in [2.05, 4.69) is 10.6 Å².